The quantitative estimate of drug-likeness (QED) is 0.342. The highest BCUT2D eigenvalue weighted by molar-refractivity contribution is 6.32. The summed E-state index contributed by atoms with van der Waals surface area (Å²) >= 11 is 6.16. The Morgan fingerprint density at radius 1 is 1.04 bits per heavy atom. The highest BCUT2D eigenvalue weighted by Crippen LogP contribution is 2.25. The Bertz CT molecular complexity index is 1180. The van der Waals surface area contributed by atoms with Crippen molar-refractivity contribution in [2.45, 2.75) is 6.42 Å². The van der Waals surface area contributed by atoms with Gasteiger partial charge in [0.1, 0.15) is 5.82 Å². The first-order chi connectivity index (χ1) is 13.6. The lowest BCUT2D eigenvalue weighted by atomic mass is 10.0. The van der Waals surface area contributed by atoms with Gasteiger partial charge in [-0.25, -0.2) is 4.98 Å². The smallest absolute Gasteiger partial charge is 0.270 e. The number of nitrogens with one attached hydrogen (secondary N) is 1. The molecule has 0 saturated carbocycles. The largest absolute Gasteiger partial charge is 0.338 e. The van der Waals surface area contributed by atoms with E-state index in [0.29, 0.717) is 16.4 Å². The number of aromatic amines is 1. The van der Waals surface area contributed by atoms with Gasteiger partial charge in [-0.3, -0.25) is 10.1 Å². The number of hydrogen-bond donors (Lipinski definition) is 1. The summed E-state index contributed by atoms with van der Waals surface area (Å²) in [6, 6.07) is 20.6. The second-order valence-corrected chi connectivity index (χ2v) is 6.80. The molecule has 0 spiro atoms. The number of nitro benzene ring substituents is 1. The van der Waals surface area contributed by atoms with Crippen molar-refractivity contribution in [3.05, 3.63) is 104 Å². The minimum absolute atomic E-state index is 0.00111. The highest BCUT2D eigenvalue weighted by atomic mass is 35.5. The van der Waals surface area contributed by atoms with Crippen LogP contribution in [-0.2, 0) is 6.42 Å². The van der Waals surface area contributed by atoms with Crippen LogP contribution in [0.15, 0.2) is 66.7 Å². The number of aromatic nitrogens is 2. The monoisotopic (exact) mass is 389 g/mol. The Morgan fingerprint density at radius 3 is 2.64 bits per heavy atom. The Kier molecular flexibility index (Phi) is 4.91. The molecule has 0 atom stereocenters. The molecule has 0 radical (unpaired) electrons. The van der Waals surface area contributed by atoms with Crippen LogP contribution in [0.1, 0.15) is 22.5 Å². The molecule has 3 aromatic carbocycles. The minimum atomic E-state index is -0.440. The summed E-state index contributed by atoms with van der Waals surface area (Å²) in [5.41, 5.74) is 4.78. The molecule has 0 aliphatic rings. The van der Waals surface area contributed by atoms with Crippen molar-refractivity contribution < 1.29 is 4.92 Å². The maximum Gasteiger partial charge on any atom is 0.270 e. The minimum Gasteiger partial charge on any atom is -0.338 e. The fraction of sp³-hybridized carbons (Fsp3) is 0.0455. The van der Waals surface area contributed by atoms with Gasteiger partial charge in [-0.2, -0.15) is 0 Å². The van der Waals surface area contributed by atoms with Gasteiger partial charge in [0.2, 0.25) is 0 Å². The molecule has 1 aromatic heterocycles. The third-order valence-corrected chi connectivity index (χ3v) is 4.81. The molecule has 4 rings (SSSR count). The van der Waals surface area contributed by atoms with Crippen LogP contribution in [0.4, 0.5) is 5.69 Å². The number of rotatable bonds is 5. The van der Waals surface area contributed by atoms with E-state index in [-0.39, 0.29) is 5.69 Å². The van der Waals surface area contributed by atoms with Crippen molar-refractivity contribution in [2.75, 3.05) is 0 Å². The van der Waals surface area contributed by atoms with Gasteiger partial charge in [0.15, 0.2) is 0 Å². The van der Waals surface area contributed by atoms with Gasteiger partial charge in [0.05, 0.1) is 16.0 Å². The molecule has 0 amide bonds. The van der Waals surface area contributed by atoms with E-state index in [9.17, 15) is 10.1 Å². The van der Waals surface area contributed by atoms with E-state index in [2.05, 4.69) is 23.2 Å². The van der Waals surface area contributed by atoms with Crippen molar-refractivity contribution >= 4 is 40.5 Å². The van der Waals surface area contributed by atoms with Crippen molar-refractivity contribution in [1.82, 2.24) is 9.97 Å². The van der Waals surface area contributed by atoms with Gasteiger partial charge in [0, 0.05) is 17.2 Å². The zero-order valence-corrected chi connectivity index (χ0v) is 15.6. The molecule has 5 nitrogen and oxygen atoms in total. The number of nitrogens with zero attached hydrogens (tertiary/aromatic N) is 2. The topological polar surface area (TPSA) is 71.8 Å². The number of para-hydroxylation sites is 1. The lowest BCUT2D eigenvalue weighted by molar-refractivity contribution is -0.384. The van der Waals surface area contributed by atoms with Crippen LogP contribution in [0.5, 0.6) is 0 Å². The Balaban J connectivity index is 1.65. The van der Waals surface area contributed by atoms with E-state index >= 15 is 0 Å². The lowest BCUT2D eigenvalue weighted by Crippen LogP contribution is -1.89. The molecular weight excluding hydrogens is 374 g/mol. The number of benzene rings is 3. The summed E-state index contributed by atoms with van der Waals surface area (Å²) in [5, 5.41) is 11.4. The van der Waals surface area contributed by atoms with Gasteiger partial charge in [-0.15, -0.1) is 0 Å². The molecule has 4 aromatic rings. The third-order valence-electron chi connectivity index (χ3n) is 4.46. The standard InChI is InChI=1S/C22H16ClN3O2/c23-19-11-10-18(26(27)28)14-16(19)9-12-21-24-20-8-4-7-17(22(20)25-21)13-15-5-2-1-3-6-15/h1-12,14H,13H2,(H,24,25). The van der Waals surface area contributed by atoms with Crippen molar-refractivity contribution in [3.8, 4) is 0 Å². The molecule has 1 N–H and O–H groups in total. The van der Waals surface area contributed by atoms with Gasteiger partial charge in [-0.1, -0.05) is 54.1 Å². The molecular formula is C22H16ClN3O2. The Hall–Kier alpha value is -3.44. The molecule has 0 aliphatic carbocycles. The van der Waals surface area contributed by atoms with Gasteiger partial charge in [-0.05, 0) is 47.4 Å². The highest BCUT2D eigenvalue weighted by Gasteiger charge is 2.09. The second kappa shape index (κ2) is 7.66. The maximum atomic E-state index is 11.0. The predicted molar refractivity (Wildman–Crippen MR) is 112 cm³/mol. The molecule has 0 fully saturated rings. The number of halogens is 1. The van der Waals surface area contributed by atoms with Crippen molar-refractivity contribution in [2.24, 2.45) is 0 Å². The van der Waals surface area contributed by atoms with Gasteiger partial charge in [0.25, 0.3) is 5.69 Å². The lowest BCUT2D eigenvalue weighted by Gasteiger charge is -2.02. The van der Waals surface area contributed by atoms with Crippen LogP contribution in [0.2, 0.25) is 5.02 Å². The normalized spacial score (nSPS) is 11.3. The number of non-ortho nitro benzene ring substituents is 1. The van der Waals surface area contributed by atoms with Crippen molar-refractivity contribution in [3.63, 3.8) is 0 Å². The van der Waals surface area contributed by atoms with E-state index < -0.39 is 4.92 Å². The maximum absolute atomic E-state index is 11.0. The van der Waals surface area contributed by atoms with E-state index in [0.717, 1.165) is 23.0 Å². The van der Waals surface area contributed by atoms with E-state index in [1.807, 2.05) is 30.3 Å². The Morgan fingerprint density at radius 2 is 1.86 bits per heavy atom. The summed E-state index contributed by atoms with van der Waals surface area (Å²) in [7, 11) is 0. The fourth-order valence-electron chi connectivity index (χ4n) is 3.09. The van der Waals surface area contributed by atoms with Crippen molar-refractivity contribution in [1.29, 1.82) is 0 Å². The molecule has 138 valence electrons. The van der Waals surface area contributed by atoms with Gasteiger partial charge < -0.3 is 4.98 Å². The molecule has 0 saturated heterocycles. The second-order valence-electron chi connectivity index (χ2n) is 6.39. The molecule has 6 heteroatoms. The fourth-order valence-corrected chi connectivity index (χ4v) is 3.27. The van der Waals surface area contributed by atoms with E-state index in [4.69, 9.17) is 16.6 Å². The van der Waals surface area contributed by atoms with Crippen LogP contribution in [0.3, 0.4) is 0 Å². The van der Waals surface area contributed by atoms with Crippen LogP contribution >= 0.6 is 11.6 Å². The molecule has 0 unspecified atom stereocenters. The average Bonchev–Trinajstić information content (AvgIpc) is 3.12. The zero-order valence-electron chi connectivity index (χ0n) is 14.8. The van der Waals surface area contributed by atoms with Crippen LogP contribution in [0, 0.1) is 10.1 Å². The molecule has 0 aliphatic heterocycles. The number of nitro groups is 1. The number of H-pyrrole nitrogens is 1. The average molecular weight is 390 g/mol. The summed E-state index contributed by atoms with van der Waals surface area (Å²) in [5.74, 6) is 0.665. The first kappa shape index (κ1) is 17.9. The predicted octanol–water partition coefficient (Wildman–Crippen LogP) is 5.89. The van der Waals surface area contributed by atoms with Gasteiger partial charge >= 0.3 is 0 Å². The first-order valence-electron chi connectivity index (χ1n) is 8.74. The summed E-state index contributed by atoms with van der Waals surface area (Å²) in [4.78, 5) is 18.5. The molecule has 1 heterocycles. The Labute approximate surface area is 166 Å². The number of fused-ring (bicyclic) bond motifs is 1. The SMILES string of the molecule is O=[N+]([O-])c1ccc(Cl)c(C=Cc2nc3c(Cc4ccccc4)cccc3[nH]2)c1. The summed E-state index contributed by atoms with van der Waals surface area (Å²) in [6.45, 7) is 0. The summed E-state index contributed by atoms with van der Waals surface area (Å²) < 4.78 is 0. The van der Waals surface area contributed by atoms with Crippen LogP contribution in [-0.4, -0.2) is 14.9 Å². The molecule has 0 bridgehead atoms. The van der Waals surface area contributed by atoms with E-state index in [1.54, 1.807) is 12.2 Å². The number of hydrogen-bond acceptors (Lipinski definition) is 3. The number of imidazole rings is 1. The molecule has 28 heavy (non-hydrogen) atoms. The van der Waals surface area contributed by atoms with E-state index in [1.165, 1.54) is 23.8 Å². The van der Waals surface area contributed by atoms with Crippen LogP contribution < -0.4 is 0 Å². The third kappa shape index (κ3) is 3.80. The zero-order chi connectivity index (χ0) is 19.5. The first-order valence-corrected chi connectivity index (χ1v) is 9.11. The summed E-state index contributed by atoms with van der Waals surface area (Å²) in [6.07, 6.45) is 4.30. The van der Waals surface area contributed by atoms with Crippen LogP contribution in [0.25, 0.3) is 23.2 Å².